The summed E-state index contributed by atoms with van der Waals surface area (Å²) in [6.07, 6.45) is 0. The van der Waals surface area contributed by atoms with E-state index in [9.17, 15) is 10.5 Å². The molecule has 0 radical (unpaired) electrons. The van der Waals surface area contributed by atoms with Crippen molar-refractivity contribution in [2.24, 2.45) is 0 Å². The molecular formula is C47H32N4O2. The number of benzene rings is 7. The third kappa shape index (κ3) is 5.25. The summed E-state index contributed by atoms with van der Waals surface area (Å²) < 4.78 is 13.1. The number of nitriles is 2. The molecule has 0 fully saturated rings. The number of nitrogens with zero attached hydrogens (tertiary/aromatic N) is 4. The van der Waals surface area contributed by atoms with E-state index in [2.05, 4.69) is 66.1 Å². The van der Waals surface area contributed by atoms with E-state index in [-0.39, 0.29) is 5.92 Å². The number of hydrogen-bond donors (Lipinski definition) is 0. The number of rotatable bonds is 5. The highest BCUT2D eigenvalue weighted by Crippen LogP contribution is 2.60. The Hall–Kier alpha value is -7.28. The van der Waals surface area contributed by atoms with Crippen LogP contribution in [0, 0.1) is 22.7 Å². The van der Waals surface area contributed by atoms with Crippen LogP contribution in [0.4, 0.5) is 34.1 Å². The summed E-state index contributed by atoms with van der Waals surface area (Å²) in [5.41, 5.74) is 11.9. The molecule has 0 spiro atoms. The molecule has 0 saturated carbocycles. The molecule has 6 heteroatoms. The van der Waals surface area contributed by atoms with Crippen LogP contribution in [0.1, 0.15) is 36.5 Å². The molecule has 0 unspecified atom stereocenters. The van der Waals surface area contributed by atoms with Gasteiger partial charge in [0, 0.05) is 16.7 Å². The number of fused-ring (bicyclic) bond motifs is 4. The van der Waals surface area contributed by atoms with Gasteiger partial charge in [-0.15, -0.1) is 0 Å². The van der Waals surface area contributed by atoms with Gasteiger partial charge in [0.05, 0.1) is 57.4 Å². The van der Waals surface area contributed by atoms with Crippen LogP contribution in [0.25, 0.3) is 22.3 Å². The lowest BCUT2D eigenvalue weighted by Gasteiger charge is -2.40. The molecule has 2 aliphatic heterocycles. The first-order chi connectivity index (χ1) is 26.0. The zero-order valence-electron chi connectivity index (χ0n) is 29.1. The molecule has 0 aliphatic carbocycles. The molecule has 0 bridgehead atoms. The Bertz CT molecular complexity index is 2360. The van der Waals surface area contributed by atoms with Crippen LogP contribution in [0.15, 0.2) is 152 Å². The number of ether oxygens (including phenoxy) is 2. The Labute approximate surface area is 308 Å². The van der Waals surface area contributed by atoms with E-state index in [4.69, 9.17) is 9.47 Å². The number of hydrogen-bond acceptors (Lipinski definition) is 6. The molecular weight excluding hydrogens is 653 g/mol. The summed E-state index contributed by atoms with van der Waals surface area (Å²) in [6, 6.07) is 55.1. The second-order valence-electron chi connectivity index (χ2n) is 13.4. The molecule has 2 heterocycles. The Balaban J connectivity index is 1.48. The van der Waals surface area contributed by atoms with Gasteiger partial charge >= 0.3 is 0 Å². The van der Waals surface area contributed by atoms with E-state index < -0.39 is 0 Å². The molecule has 7 aromatic carbocycles. The van der Waals surface area contributed by atoms with E-state index in [0.717, 1.165) is 84.9 Å². The second-order valence-corrected chi connectivity index (χ2v) is 13.4. The highest BCUT2D eigenvalue weighted by atomic mass is 16.5. The molecule has 9 rings (SSSR count). The van der Waals surface area contributed by atoms with Crippen molar-refractivity contribution < 1.29 is 9.47 Å². The molecule has 252 valence electrons. The molecule has 0 amide bonds. The van der Waals surface area contributed by atoms with Crippen molar-refractivity contribution >= 4 is 34.1 Å². The lowest BCUT2D eigenvalue weighted by molar-refractivity contribution is 0.476. The first-order valence-corrected chi connectivity index (χ1v) is 17.6. The van der Waals surface area contributed by atoms with Crippen LogP contribution < -0.4 is 19.3 Å². The Morgan fingerprint density at radius 3 is 1.08 bits per heavy atom. The van der Waals surface area contributed by atoms with E-state index in [1.807, 2.05) is 121 Å². The van der Waals surface area contributed by atoms with Crippen LogP contribution in [0.3, 0.4) is 0 Å². The van der Waals surface area contributed by atoms with Crippen molar-refractivity contribution in [2.45, 2.75) is 19.8 Å². The zero-order valence-corrected chi connectivity index (χ0v) is 29.1. The summed E-state index contributed by atoms with van der Waals surface area (Å²) in [7, 11) is 0. The fourth-order valence-electron chi connectivity index (χ4n) is 7.49. The minimum Gasteiger partial charge on any atom is -0.453 e. The van der Waals surface area contributed by atoms with E-state index in [1.54, 1.807) is 0 Å². The van der Waals surface area contributed by atoms with Crippen molar-refractivity contribution in [3.8, 4) is 57.4 Å². The molecule has 0 atom stereocenters. The maximum Gasteiger partial charge on any atom is 0.151 e. The minimum atomic E-state index is -0.000183. The smallest absolute Gasteiger partial charge is 0.151 e. The van der Waals surface area contributed by atoms with Crippen LogP contribution in [-0.2, 0) is 0 Å². The summed E-state index contributed by atoms with van der Waals surface area (Å²) in [5.74, 6) is 3.02. The monoisotopic (exact) mass is 684 g/mol. The molecule has 53 heavy (non-hydrogen) atoms. The lowest BCUT2D eigenvalue weighted by atomic mass is 9.85. The van der Waals surface area contributed by atoms with Crippen molar-refractivity contribution in [3.05, 3.63) is 168 Å². The predicted octanol–water partition coefficient (Wildman–Crippen LogP) is 13.0. The maximum absolute atomic E-state index is 9.76. The first kappa shape index (κ1) is 31.7. The fraction of sp³-hybridized carbons (Fsp3) is 0.0638. The van der Waals surface area contributed by atoms with Gasteiger partial charge in [0.1, 0.15) is 0 Å². The summed E-state index contributed by atoms with van der Waals surface area (Å²) >= 11 is 0. The van der Waals surface area contributed by atoms with Gasteiger partial charge in [-0.1, -0.05) is 86.6 Å². The van der Waals surface area contributed by atoms with E-state index >= 15 is 0 Å². The van der Waals surface area contributed by atoms with E-state index in [0.29, 0.717) is 11.1 Å². The van der Waals surface area contributed by atoms with Crippen molar-refractivity contribution in [1.82, 2.24) is 0 Å². The van der Waals surface area contributed by atoms with Crippen molar-refractivity contribution in [2.75, 3.05) is 9.80 Å². The average Bonchev–Trinajstić information content (AvgIpc) is 3.21. The summed E-state index contributed by atoms with van der Waals surface area (Å²) in [4.78, 5) is 4.67. The third-order valence-electron chi connectivity index (χ3n) is 9.85. The van der Waals surface area contributed by atoms with Crippen LogP contribution in [0.5, 0.6) is 23.0 Å². The number of anilines is 6. The van der Waals surface area contributed by atoms with Crippen molar-refractivity contribution in [1.29, 1.82) is 10.5 Å². The summed E-state index contributed by atoms with van der Waals surface area (Å²) in [6.45, 7) is 4.48. The Kier molecular flexibility index (Phi) is 7.65. The van der Waals surface area contributed by atoms with Gasteiger partial charge in [0.2, 0.25) is 0 Å². The largest absolute Gasteiger partial charge is 0.453 e. The van der Waals surface area contributed by atoms with Crippen LogP contribution in [0.2, 0.25) is 0 Å². The van der Waals surface area contributed by atoms with Crippen molar-refractivity contribution in [3.63, 3.8) is 0 Å². The SMILES string of the molecule is CC(C)c1c(N2c3ccccc3Oc3ccccc32)c(-c2ccc(C#N)cc2)cc(-c2ccc(C#N)cc2)c1N1c2ccccc2Oc2ccccc21. The highest BCUT2D eigenvalue weighted by Gasteiger charge is 2.36. The minimum absolute atomic E-state index is 0.000183. The molecule has 0 N–H and O–H groups in total. The lowest BCUT2D eigenvalue weighted by Crippen LogP contribution is -2.23. The van der Waals surface area contributed by atoms with Gasteiger partial charge in [-0.2, -0.15) is 10.5 Å². The first-order valence-electron chi connectivity index (χ1n) is 17.6. The third-order valence-corrected chi connectivity index (χ3v) is 9.85. The number of para-hydroxylation sites is 8. The van der Waals surface area contributed by atoms with Gasteiger partial charge < -0.3 is 19.3 Å². The van der Waals surface area contributed by atoms with Crippen LogP contribution >= 0.6 is 0 Å². The quantitative estimate of drug-likeness (QED) is 0.180. The molecule has 2 aliphatic rings. The highest BCUT2D eigenvalue weighted by molar-refractivity contribution is 6.04. The molecule has 0 aromatic heterocycles. The van der Waals surface area contributed by atoms with Gasteiger partial charge in [0.15, 0.2) is 23.0 Å². The second kappa shape index (κ2) is 12.8. The average molecular weight is 685 g/mol. The molecule has 7 aromatic rings. The Morgan fingerprint density at radius 2 is 0.774 bits per heavy atom. The summed E-state index contributed by atoms with van der Waals surface area (Å²) in [5, 5.41) is 19.5. The zero-order chi connectivity index (χ0) is 36.1. The van der Waals surface area contributed by atoms with Gasteiger partial charge in [-0.25, -0.2) is 0 Å². The van der Waals surface area contributed by atoms with E-state index in [1.165, 1.54) is 0 Å². The fourth-order valence-corrected chi connectivity index (χ4v) is 7.49. The van der Waals surface area contributed by atoms with Gasteiger partial charge in [0.25, 0.3) is 0 Å². The Morgan fingerprint density at radius 1 is 0.453 bits per heavy atom. The van der Waals surface area contributed by atoms with Gasteiger partial charge in [-0.05, 0) is 95.9 Å². The predicted molar refractivity (Wildman–Crippen MR) is 210 cm³/mol. The molecule has 0 saturated heterocycles. The molecule has 6 nitrogen and oxygen atoms in total. The van der Waals surface area contributed by atoms with Crippen LogP contribution in [-0.4, -0.2) is 0 Å². The normalized spacial score (nSPS) is 12.3. The van der Waals surface area contributed by atoms with Gasteiger partial charge in [-0.3, -0.25) is 0 Å². The maximum atomic E-state index is 9.76. The topological polar surface area (TPSA) is 72.5 Å². The standard InChI is InChI=1S/C47H32N4O2/c1-30(2)45-46(50-37-11-3-7-15-41(37)52-42-16-8-4-12-38(42)50)35(33-23-19-31(28-48)20-24-33)27-36(34-25-21-32(29-49)22-26-34)47(45)51-39-13-5-9-17-43(39)53-44-18-10-6-14-40(44)51/h3-27,30H,1-2H3.